The Morgan fingerprint density at radius 1 is 1.30 bits per heavy atom. The third kappa shape index (κ3) is 3.21. The minimum Gasteiger partial charge on any atom is -0.496 e. The summed E-state index contributed by atoms with van der Waals surface area (Å²) in [4.78, 5) is 16.9. The maximum absolute atomic E-state index is 12.5. The molecule has 1 aromatic heterocycles. The molecule has 2 aromatic rings. The molecule has 1 aliphatic rings. The molecular weight excluding hydrogens is 288 g/mol. The van der Waals surface area contributed by atoms with E-state index in [0.29, 0.717) is 6.54 Å². The smallest absolute Gasteiger partial charge is 0.232 e. The summed E-state index contributed by atoms with van der Waals surface area (Å²) in [6, 6.07) is 11.9. The number of amides is 1. The van der Waals surface area contributed by atoms with Crippen molar-refractivity contribution in [2.45, 2.75) is 31.6 Å². The maximum atomic E-state index is 12.5. The normalized spacial score (nSPS) is 15.0. The predicted octanol–water partition coefficient (Wildman–Crippen LogP) is 2.79. The van der Waals surface area contributed by atoms with E-state index in [0.717, 1.165) is 36.3 Å². The van der Waals surface area contributed by atoms with Crippen molar-refractivity contribution >= 4 is 5.91 Å². The van der Waals surface area contributed by atoms with Crippen LogP contribution in [0.5, 0.6) is 5.75 Å². The molecule has 1 N–H and O–H groups in total. The first-order chi connectivity index (χ1) is 11.2. The van der Waals surface area contributed by atoms with Crippen LogP contribution < -0.4 is 10.1 Å². The number of carbonyl (C=O) groups is 1. The van der Waals surface area contributed by atoms with Crippen LogP contribution >= 0.6 is 0 Å². The van der Waals surface area contributed by atoms with Gasteiger partial charge in [-0.15, -0.1) is 0 Å². The zero-order valence-electron chi connectivity index (χ0n) is 13.6. The van der Waals surface area contributed by atoms with Crippen LogP contribution in [0, 0.1) is 6.92 Å². The highest BCUT2D eigenvalue weighted by Gasteiger charge is 2.52. The van der Waals surface area contributed by atoms with Gasteiger partial charge in [-0.25, -0.2) is 0 Å². The molecule has 0 spiro atoms. The van der Waals surface area contributed by atoms with Gasteiger partial charge < -0.3 is 10.1 Å². The van der Waals surface area contributed by atoms with Crippen molar-refractivity contribution in [1.82, 2.24) is 10.3 Å². The van der Waals surface area contributed by atoms with Gasteiger partial charge in [-0.05, 0) is 55.5 Å². The molecule has 1 aromatic carbocycles. The number of hydrogen-bond donors (Lipinski definition) is 1. The highest BCUT2D eigenvalue weighted by molar-refractivity contribution is 5.90. The van der Waals surface area contributed by atoms with E-state index in [1.807, 2.05) is 37.3 Å². The van der Waals surface area contributed by atoms with Gasteiger partial charge >= 0.3 is 0 Å². The fourth-order valence-corrected chi connectivity index (χ4v) is 2.96. The van der Waals surface area contributed by atoms with Crippen LogP contribution in [0.3, 0.4) is 0 Å². The quantitative estimate of drug-likeness (QED) is 0.892. The van der Waals surface area contributed by atoms with Crippen molar-refractivity contribution in [3.63, 3.8) is 0 Å². The number of carbonyl (C=O) groups excluding carboxylic acids is 1. The number of nitrogens with zero attached hydrogens (tertiary/aromatic N) is 1. The number of pyridine rings is 1. The third-order valence-corrected chi connectivity index (χ3v) is 4.50. The first-order valence-corrected chi connectivity index (χ1v) is 7.99. The average molecular weight is 310 g/mol. The average Bonchev–Trinajstić information content (AvgIpc) is 3.38. The van der Waals surface area contributed by atoms with Crippen molar-refractivity contribution in [1.29, 1.82) is 0 Å². The van der Waals surface area contributed by atoms with E-state index in [1.165, 1.54) is 5.56 Å². The van der Waals surface area contributed by atoms with Gasteiger partial charge in [0.05, 0.1) is 18.2 Å². The topological polar surface area (TPSA) is 51.2 Å². The van der Waals surface area contributed by atoms with Gasteiger partial charge in [-0.3, -0.25) is 9.78 Å². The molecule has 0 saturated heterocycles. The molecule has 0 aliphatic heterocycles. The number of hydrogen-bond acceptors (Lipinski definition) is 3. The zero-order valence-corrected chi connectivity index (χ0v) is 13.6. The van der Waals surface area contributed by atoms with Crippen LogP contribution in [0.1, 0.15) is 29.7 Å². The van der Waals surface area contributed by atoms with E-state index in [9.17, 15) is 4.79 Å². The van der Waals surface area contributed by atoms with Crippen LogP contribution in [-0.2, 0) is 16.6 Å². The summed E-state index contributed by atoms with van der Waals surface area (Å²) in [5, 5.41) is 3.07. The first kappa shape index (κ1) is 15.5. The molecule has 4 nitrogen and oxygen atoms in total. The molecule has 0 atom stereocenters. The van der Waals surface area contributed by atoms with Gasteiger partial charge in [0.1, 0.15) is 5.75 Å². The van der Waals surface area contributed by atoms with Crippen LogP contribution in [0.2, 0.25) is 0 Å². The SMILES string of the molecule is COc1ccc(CCNC(=O)C2(c3ccccn3)CC2)cc1C. The molecular formula is C19H22N2O2. The Hall–Kier alpha value is -2.36. The van der Waals surface area contributed by atoms with Crippen LogP contribution in [-0.4, -0.2) is 24.5 Å². The molecule has 3 rings (SSSR count). The maximum Gasteiger partial charge on any atom is 0.232 e. The number of methoxy groups -OCH3 is 1. The second-order valence-electron chi connectivity index (χ2n) is 6.11. The Labute approximate surface area is 136 Å². The van der Waals surface area contributed by atoms with Gasteiger partial charge in [-0.2, -0.15) is 0 Å². The van der Waals surface area contributed by atoms with Gasteiger partial charge in [0.2, 0.25) is 5.91 Å². The van der Waals surface area contributed by atoms with Crippen molar-refractivity contribution < 1.29 is 9.53 Å². The summed E-state index contributed by atoms with van der Waals surface area (Å²) >= 11 is 0. The Kier molecular flexibility index (Phi) is 4.33. The van der Waals surface area contributed by atoms with Crippen LogP contribution in [0.4, 0.5) is 0 Å². The van der Waals surface area contributed by atoms with Crippen LogP contribution in [0.15, 0.2) is 42.6 Å². The Bertz CT molecular complexity index is 694. The molecule has 1 amide bonds. The molecule has 1 saturated carbocycles. The number of ether oxygens (including phenoxy) is 1. The Balaban J connectivity index is 1.57. The summed E-state index contributed by atoms with van der Waals surface area (Å²) in [7, 11) is 1.68. The van der Waals surface area contributed by atoms with Gasteiger partial charge in [0, 0.05) is 12.7 Å². The Morgan fingerprint density at radius 2 is 2.13 bits per heavy atom. The van der Waals surface area contributed by atoms with Crippen molar-refractivity contribution in [2.24, 2.45) is 0 Å². The standard InChI is InChI=1S/C19H22N2O2/c1-14-13-15(6-7-16(14)23-2)8-12-21-18(22)19(9-10-19)17-5-3-4-11-20-17/h3-7,11,13H,8-10,12H2,1-2H3,(H,21,22). The lowest BCUT2D eigenvalue weighted by Gasteiger charge is -2.15. The van der Waals surface area contributed by atoms with Crippen molar-refractivity contribution in [3.05, 3.63) is 59.4 Å². The summed E-state index contributed by atoms with van der Waals surface area (Å²) in [5.41, 5.74) is 2.81. The molecule has 0 bridgehead atoms. The molecule has 1 heterocycles. The molecule has 0 radical (unpaired) electrons. The second kappa shape index (κ2) is 6.41. The molecule has 1 fully saturated rings. The Morgan fingerprint density at radius 3 is 2.74 bits per heavy atom. The highest BCUT2D eigenvalue weighted by Crippen LogP contribution is 2.47. The lowest BCUT2D eigenvalue weighted by Crippen LogP contribution is -2.36. The number of rotatable bonds is 6. The van der Waals surface area contributed by atoms with E-state index in [4.69, 9.17) is 4.74 Å². The zero-order chi connectivity index (χ0) is 16.3. The van der Waals surface area contributed by atoms with E-state index >= 15 is 0 Å². The molecule has 120 valence electrons. The van der Waals surface area contributed by atoms with E-state index in [1.54, 1.807) is 13.3 Å². The molecule has 1 aliphatic carbocycles. The van der Waals surface area contributed by atoms with Gasteiger partial charge in [0.15, 0.2) is 0 Å². The van der Waals surface area contributed by atoms with Gasteiger partial charge in [0.25, 0.3) is 0 Å². The van der Waals surface area contributed by atoms with Gasteiger partial charge in [-0.1, -0.05) is 18.2 Å². The minimum absolute atomic E-state index is 0.0985. The minimum atomic E-state index is -0.392. The van der Waals surface area contributed by atoms with Crippen molar-refractivity contribution in [2.75, 3.05) is 13.7 Å². The number of aryl methyl sites for hydroxylation is 1. The largest absolute Gasteiger partial charge is 0.496 e. The lowest BCUT2D eigenvalue weighted by molar-refractivity contribution is -0.123. The number of aromatic nitrogens is 1. The third-order valence-electron chi connectivity index (χ3n) is 4.50. The van der Waals surface area contributed by atoms with Crippen LogP contribution in [0.25, 0.3) is 0 Å². The summed E-state index contributed by atoms with van der Waals surface area (Å²) in [5.74, 6) is 0.992. The summed E-state index contributed by atoms with van der Waals surface area (Å²) < 4.78 is 5.27. The number of nitrogens with one attached hydrogen (secondary N) is 1. The first-order valence-electron chi connectivity index (χ1n) is 7.99. The lowest BCUT2D eigenvalue weighted by atomic mass is 10.0. The van der Waals surface area contributed by atoms with E-state index in [-0.39, 0.29) is 5.91 Å². The van der Waals surface area contributed by atoms with Crippen molar-refractivity contribution in [3.8, 4) is 5.75 Å². The molecule has 23 heavy (non-hydrogen) atoms. The number of benzene rings is 1. The predicted molar refractivity (Wildman–Crippen MR) is 89.6 cm³/mol. The highest BCUT2D eigenvalue weighted by atomic mass is 16.5. The second-order valence-corrected chi connectivity index (χ2v) is 6.11. The molecule has 0 unspecified atom stereocenters. The summed E-state index contributed by atoms with van der Waals surface area (Å²) in [6.07, 6.45) is 4.34. The molecule has 4 heteroatoms. The van der Waals surface area contributed by atoms with E-state index < -0.39 is 5.41 Å². The van der Waals surface area contributed by atoms with E-state index in [2.05, 4.69) is 16.4 Å². The fraction of sp³-hybridized carbons (Fsp3) is 0.368. The monoisotopic (exact) mass is 310 g/mol. The fourth-order valence-electron chi connectivity index (χ4n) is 2.96. The summed E-state index contributed by atoms with van der Waals surface area (Å²) in [6.45, 7) is 2.67.